The summed E-state index contributed by atoms with van der Waals surface area (Å²) < 4.78 is 0. The Morgan fingerprint density at radius 3 is 2.27 bits per heavy atom. The van der Waals surface area contributed by atoms with E-state index in [0.29, 0.717) is 17.3 Å². The third kappa shape index (κ3) is 4.07. The van der Waals surface area contributed by atoms with E-state index in [4.69, 9.17) is 11.6 Å². The lowest BCUT2D eigenvalue weighted by atomic mass is 9.87. The van der Waals surface area contributed by atoms with E-state index >= 15 is 0 Å². The lowest BCUT2D eigenvalue weighted by molar-refractivity contribution is -0.122. The number of hydrogen-bond donors (Lipinski definition) is 1. The molecule has 0 aliphatic carbocycles. The van der Waals surface area contributed by atoms with E-state index in [1.54, 1.807) is 29.2 Å². The summed E-state index contributed by atoms with van der Waals surface area (Å²) in [5.41, 5.74) is 2.80. The Labute approximate surface area is 159 Å². The molecule has 1 unspecified atom stereocenters. The van der Waals surface area contributed by atoms with Crippen LogP contribution >= 0.6 is 11.6 Å². The van der Waals surface area contributed by atoms with Gasteiger partial charge in [-0.3, -0.25) is 9.59 Å². The number of nitrogens with one attached hydrogen (secondary N) is 1. The molecule has 1 saturated heterocycles. The van der Waals surface area contributed by atoms with Gasteiger partial charge in [-0.25, -0.2) is 0 Å². The smallest absolute Gasteiger partial charge is 0.229 e. The third-order valence-corrected chi connectivity index (χ3v) is 4.90. The van der Waals surface area contributed by atoms with Gasteiger partial charge in [-0.2, -0.15) is 0 Å². The van der Waals surface area contributed by atoms with Gasteiger partial charge in [0.2, 0.25) is 11.8 Å². The minimum atomic E-state index is -0.361. The molecule has 1 aliphatic rings. The second-order valence-corrected chi connectivity index (χ2v) is 8.13. The molecule has 26 heavy (non-hydrogen) atoms. The van der Waals surface area contributed by atoms with Crippen molar-refractivity contribution in [3.8, 4) is 0 Å². The van der Waals surface area contributed by atoms with Crippen molar-refractivity contribution >= 4 is 34.8 Å². The number of halogens is 1. The summed E-state index contributed by atoms with van der Waals surface area (Å²) in [7, 11) is 0. The van der Waals surface area contributed by atoms with Crippen molar-refractivity contribution in [2.24, 2.45) is 5.92 Å². The SMILES string of the molecule is CC(C)(C)c1ccc(N2CC(C(=O)Nc3ccc(Cl)cc3)CC2=O)cc1. The molecule has 0 saturated carbocycles. The highest BCUT2D eigenvalue weighted by Gasteiger charge is 2.35. The Balaban J connectivity index is 1.68. The van der Waals surface area contributed by atoms with Gasteiger partial charge in [0.15, 0.2) is 0 Å². The molecule has 5 heteroatoms. The maximum Gasteiger partial charge on any atom is 0.229 e. The summed E-state index contributed by atoms with van der Waals surface area (Å²) in [4.78, 5) is 26.6. The number of carbonyl (C=O) groups is 2. The van der Waals surface area contributed by atoms with Crippen LogP contribution in [-0.4, -0.2) is 18.4 Å². The predicted octanol–water partition coefficient (Wildman–Crippen LogP) is 4.63. The number of carbonyl (C=O) groups excluding carboxylic acids is 2. The lowest BCUT2D eigenvalue weighted by Gasteiger charge is -2.21. The van der Waals surface area contributed by atoms with E-state index in [2.05, 4.69) is 26.1 Å². The zero-order valence-corrected chi connectivity index (χ0v) is 16.0. The second-order valence-electron chi connectivity index (χ2n) is 7.70. The molecule has 2 aromatic rings. The van der Waals surface area contributed by atoms with Crippen molar-refractivity contribution in [3.05, 3.63) is 59.1 Å². The zero-order valence-electron chi connectivity index (χ0n) is 15.3. The largest absolute Gasteiger partial charge is 0.326 e. The van der Waals surface area contributed by atoms with Gasteiger partial charge in [0.05, 0.1) is 5.92 Å². The van der Waals surface area contributed by atoms with E-state index < -0.39 is 0 Å². The fourth-order valence-corrected chi connectivity index (χ4v) is 3.18. The number of anilines is 2. The molecule has 1 atom stereocenters. The molecular formula is C21H23ClN2O2. The number of hydrogen-bond acceptors (Lipinski definition) is 2. The Kier molecular flexibility index (Phi) is 5.05. The lowest BCUT2D eigenvalue weighted by Crippen LogP contribution is -2.28. The van der Waals surface area contributed by atoms with E-state index in [1.807, 2.05) is 24.3 Å². The minimum absolute atomic E-state index is 0.0234. The molecular weight excluding hydrogens is 348 g/mol. The Bertz CT molecular complexity index is 807. The first kappa shape index (κ1) is 18.5. The monoisotopic (exact) mass is 370 g/mol. The highest BCUT2D eigenvalue weighted by Crippen LogP contribution is 2.29. The molecule has 3 rings (SSSR count). The highest BCUT2D eigenvalue weighted by molar-refractivity contribution is 6.30. The summed E-state index contributed by atoms with van der Waals surface area (Å²) in [6, 6.07) is 14.9. The molecule has 1 aliphatic heterocycles. The van der Waals surface area contributed by atoms with Gasteiger partial charge in [0.25, 0.3) is 0 Å². The van der Waals surface area contributed by atoms with E-state index in [0.717, 1.165) is 5.69 Å². The molecule has 1 N–H and O–H groups in total. The normalized spacial score (nSPS) is 17.5. The quantitative estimate of drug-likeness (QED) is 0.856. The summed E-state index contributed by atoms with van der Waals surface area (Å²) in [6.45, 7) is 6.85. The average Bonchev–Trinajstić information content (AvgIpc) is 2.98. The van der Waals surface area contributed by atoms with Crippen molar-refractivity contribution in [2.75, 3.05) is 16.8 Å². The van der Waals surface area contributed by atoms with Crippen LogP contribution < -0.4 is 10.2 Å². The molecule has 1 heterocycles. The van der Waals surface area contributed by atoms with E-state index in [9.17, 15) is 9.59 Å². The predicted molar refractivity (Wildman–Crippen MR) is 106 cm³/mol. The van der Waals surface area contributed by atoms with Gasteiger partial charge in [0.1, 0.15) is 0 Å². The van der Waals surface area contributed by atoms with Gasteiger partial charge in [0, 0.05) is 29.4 Å². The van der Waals surface area contributed by atoms with Gasteiger partial charge in [-0.1, -0.05) is 44.5 Å². The highest BCUT2D eigenvalue weighted by atomic mass is 35.5. The van der Waals surface area contributed by atoms with Crippen LogP contribution in [-0.2, 0) is 15.0 Å². The topological polar surface area (TPSA) is 49.4 Å². The Hall–Kier alpha value is -2.33. The Morgan fingerprint density at radius 1 is 1.08 bits per heavy atom. The second kappa shape index (κ2) is 7.12. The van der Waals surface area contributed by atoms with E-state index in [-0.39, 0.29) is 29.6 Å². The molecule has 0 radical (unpaired) electrons. The molecule has 2 amide bonds. The zero-order chi connectivity index (χ0) is 18.9. The Morgan fingerprint density at radius 2 is 1.69 bits per heavy atom. The van der Waals surface area contributed by atoms with Crippen molar-refractivity contribution < 1.29 is 9.59 Å². The van der Waals surface area contributed by atoms with Crippen molar-refractivity contribution in [2.45, 2.75) is 32.6 Å². The average molecular weight is 371 g/mol. The summed E-state index contributed by atoms with van der Waals surface area (Å²) in [5.74, 6) is -0.528. The van der Waals surface area contributed by atoms with Crippen LogP contribution in [0.3, 0.4) is 0 Å². The molecule has 4 nitrogen and oxygen atoms in total. The first-order valence-electron chi connectivity index (χ1n) is 8.71. The number of rotatable bonds is 3. The first-order valence-corrected chi connectivity index (χ1v) is 9.09. The van der Waals surface area contributed by atoms with Crippen LogP contribution in [0.4, 0.5) is 11.4 Å². The van der Waals surface area contributed by atoms with Crippen molar-refractivity contribution in [1.29, 1.82) is 0 Å². The van der Waals surface area contributed by atoms with Crippen LogP contribution in [0.5, 0.6) is 0 Å². The van der Waals surface area contributed by atoms with Crippen molar-refractivity contribution in [3.63, 3.8) is 0 Å². The maximum absolute atomic E-state index is 12.5. The summed E-state index contributed by atoms with van der Waals surface area (Å²) in [6.07, 6.45) is 0.223. The fourth-order valence-electron chi connectivity index (χ4n) is 3.05. The van der Waals surface area contributed by atoms with Crippen LogP contribution in [0.25, 0.3) is 0 Å². The third-order valence-electron chi connectivity index (χ3n) is 4.65. The molecule has 0 bridgehead atoms. The maximum atomic E-state index is 12.5. The van der Waals surface area contributed by atoms with Gasteiger partial charge < -0.3 is 10.2 Å². The minimum Gasteiger partial charge on any atom is -0.326 e. The molecule has 0 aromatic heterocycles. The van der Waals surface area contributed by atoms with E-state index in [1.165, 1.54) is 5.56 Å². The molecule has 1 fully saturated rings. The van der Waals surface area contributed by atoms with Gasteiger partial charge in [-0.15, -0.1) is 0 Å². The standard InChI is InChI=1S/C21H23ClN2O2/c1-21(2,3)15-4-10-18(11-5-15)24-13-14(12-19(24)25)20(26)23-17-8-6-16(22)7-9-17/h4-11,14H,12-13H2,1-3H3,(H,23,26). The van der Waals surface area contributed by atoms with Crippen LogP contribution in [0.15, 0.2) is 48.5 Å². The van der Waals surface area contributed by atoms with Gasteiger partial charge in [-0.05, 0) is 47.4 Å². The van der Waals surface area contributed by atoms with Gasteiger partial charge >= 0.3 is 0 Å². The van der Waals surface area contributed by atoms with Crippen LogP contribution in [0.1, 0.15) is 32.8 Å². The molecule has 2 aromatic carbocycles. The van der Waals surface area contributed by atoms with Crippen LogP contribution in [0.2, 0.25) is 5.02 Å². The van der Waals surface area contributed by atoms with Crippen molar-refractivity contribution in [1.82, 2.24) is 0 Å². The number of nitrogens with zero attached hydrogens (tertiary/aromatic N) is 1. The molecule has 136 valence electrons. The van der Waals surface area contributed by atoms with Crippen LogP contribution in [0, 0.1) is 5.92 Å². The summed E-state index contributed by atoms with van der Waals surface area (Å²) >= 11 is 5.86. The number of benzene rings is 2. The fraction of sp³-hybridized carbons (Fsp3) is 0.333. The first-order chi connectivity index (χ1) is 12.2. The summed E-state index contributed by atoms with van der Waals surface area (Å²) in [5, 5.41) is 3.47. The number of amides is 2. The molecule has 0 spiro atoms.